The molecule has 96 valence electrons. The molecule has 1 fully saturated rings. The van der Waals surface area contributed by atoms with Crippen molar-refractivity contribution in [1.82, 2.24) is 19.9 Å². The van der Waals surface area contributed by atoms with Crippen molar-refractivity contribution in [3.8, 4) is 0 Å². The Hall–Kier alpha value is -0.980. The van der Waals surface area contributed by atoms with Gasteiger partial charge in [-0.15, -0.1) is 0 Å². The average molecular weight is 311 g/mol. The number of aryl methyl sites for hydroxylation is 1. The van der Waals surface area contributed by atoms with Crippen molar-refractivity contribution in [2.75, 3.05) is 19.8 Å². The average Bonchev–Trinajstić information content (AvgIpc) is 2.67. The van der Waals surface area contributed by atoms with E-state index in [0.717, 1.165) is 47.8 Å². The second-order valence-corrected chi connectivity index (χ2v) is 5.41. The quantitative estimate of drug-likeness (QED) is 0.913. The van der Waals surface area contributed by atoms with Crippen molar-refractivity contribution in [2.45, 2.75) is 19.5 Å². The van der Waals surface area contributed by atoms with Crippen LogP contribution >= 0.6 is 15.9 Å². The van der Waals surface area contributed by atoms with E-state index in [4.69, 9.17) is 4.74 Å². The van der Waals surface area contributed by atoms with Gasteiger partial charge in [-0.3, -0.25) is 0 Å². The molecule has 6 heteroatoms. The monoisotopic (exact) mass is 310 g/mol. The topological polar surface area (TPSA) is 52.0 Å². The van der Waals surface area contributed by atoms with E-state index in [9.17, 15) is 0 Å². The molecule has 2 aromatic rings. The molecular formula is C12H15BrN4O. The molecule has 0 aliphatic carbocycles. The van der Waals surface area contributed by atoms with E-state index in [1.807, 2.05) is 6.92 Å². The number of nitrogens with one attached hydrogen (secondary N) is 1. The van der Waals surface area contributed by atoms with E-state index < -0.39 is 0 Å². The van der Waals surface area contributed by atoms with Crippen molar-refractivity contribution in [1.29, 1.82) is 0 Å². The third kappa shape index (κ3) is 2.28. The molecule has 0 saturated carbocycles. The summed E-state index contributed by atoms with van der Waals surface area (Å²) in [5.74, 6) is 0.989. The lowest BCUT2D eigenvalue weighted by Crippen LogP contribution is -2.43. The van der Waals surface area contributed by atoms with Crippen LogP contribution in [0.15, 0.2) is 16.7 Å². The molecule has 1 atom stereocenters. The van der Waals surface area contributed by atoms with E-state index >= 15 is 0 Å². The molecule has 1 aliphatic heterocycles. The molecule has 0 radical (unpaired) electrons. The number of pyridine rings is 1. The predicted octanol–water partition coefficient (Wildman–Crippen LogP) is 1.49. The molecule has 2 aromatic heterocycles. The molecule has 18 heavy (non-hydrogen) atoms. The molecule has 1 saturated heterocycles. The summed E-state index contributed by atoms with van der Waals surface area (Å²) in [6.07, 6.45) is 1.78. The normalized spacial score (nSPS) is 20.4. The van der Waals surface area contributed by atoms with Crippen LogP contribution in [0.5, 0.6) is 0 Å². The molecule has 1 N–H and O–H groups in total. The van der Waals surface area contributed by atoms with Crippen molar-refractivity contribution in [2.24, 2.45) is 0 Å². The number of hydrogen-bond acceptors (Lipinski definition) is 4. The SMILES string of the molecule is Cc1nc2ncc(Br)cc2n1CC1COCCN1. The van der Waals surface area contributed by atoms with Gasteiger partial charge in [0.05, 0.1) is 18.7 Å². The summed E-state index contributed by atoms with van der Waals surface area (Å²) in [5.41, 5.74) is 1.86. The van der Waals surface area contributed by atoms with Gasteiger partial charge < -0.3 is 14.6 Å². The molecule has 3 rings (SSSR count). The van der Waals surface area contributed by atoms with Crippen LogP contribution in [-0.2, 0) is 11.3 Å². The van der Waals surface area contributed by atoms with Gasteiger partial charge in [-0.25, -0.2) is 9.97 Å². The first-order chi connectivity index (χ1) is 8.74. The van der Waals surface area contributed by atoms with Crippen molar-refractivity contribution < 1.29 is 4.74 Å². The van der Waals surface area contributed by atoms with Crippen LogP contribution in [0.4, 0.5) is 0 Å². The minimum absolute atomic E-state index is 0.342. The third-order valence-corrected chi connectivity index (χ3v) is 3.60. The van der Waals surface area contributed by atoms with Crippen LogP contribution in [0.2, 0.25) is 0 Å². The molecule has 0 bridgehead atoms. The Morgan fingerprint density at radius 2 is 2.50 bits per heavy atom. The number of rotatable bonds is 2. The fraction of sp³-hybridized carbons (Fsp3) is 0.500. The van der Waals surface area contributed by atoms with Gasteiger partial charge >= 0.3 is 0 Å². The van der Waals surface area contributed by atoms with Gasteiger partial charge in [0.15, 0.2) is 5.65 Å². The number of fused-ring (bicyclic) bond motifs is 1. The first kappa shape index (κ1) is 12.1. The summed E-state index contributed by atoms with van der Waals surface area (Å²) in [5, 5.41) is 3.46. The Kier molecular flexibility index (Phi) is 3.32. The van der Waals surface area contributed by atoms with E-state index in [0.29, 0.717) is 6.04 Å². The molecular weight excluding hydrogens is 296 g/mol. The van der Waals surface area contributed by atoms with Crippen LogP contribution in [0, 0.1) is 6.92 Å². The van der Waals surface area contributed by atoms with Crippen molar-refractivity contribution >= 4 is 27.1 Å². The van der Waals surface area contributed by atoms with E-state index in [-0.39, 0.29) is 0 Å². The highest BCUT2D eigenvalue weighted by Crippen LogP contribution is 2.19. The lowest BCUT2D eigenvalue weighted by molar-refractivity contribution is 0.0716. The molecule has 0 spiro atoms. The molecule has 1 unspecified atom stereocenters. The summed E-state index contributed by atoms with van der Waals surface area (Å²) < 4.78 is 8.66. The third-order valence-electron chi connectivity index (χ3n) is 3.16. The van der Waals surface area contributed by atoms with Gasteiger partial charge in [-0.2, -0.15) is 0 Å². The largest absolute Gasteiger partial charge is 0.378 e. The maximum atomic E-state index is 5.49. The van der Waals surface area contributed by atoms with Gasteiger partial charge in [0, 0.05) is 29.8 Å². The smallest absolute Gasteiger partial charge is 0.177 e. The highest BCUT2D eigenvalue weighted by molar-refractivity contribution is 9.10. The van der Waals surface area contributed by atoms with Crippen molar-refractivity contribution in [3.05, 3.63) is 22.6 Å². The Bertz CT molecular complexity index is 562. The van der Waals surface area contributed by atoms with E-state index in [1.165, 1.54) is 0 Å². The minimum atomic E-state index is 0.342. The number of imidazole rings is 1. The summed E-state index contributed by atoms with van der Waals surface area (Å²) >= 11 is 3.46. The van der Waals surface area contributed by atoms with Crippen molar-refractivity contribution in [3.63, 3.8) is 0 Å². The second kappa shape index (κ2) is 4.95. The molecule has 5 nitrogen and oxygen atoms in total. The van der Waals surface area contributed by atoms with Crippen LogP contribution in [0.3, 0.4) is 0 Å². The Labute approximate surface area is 114 Å². The number of aromatic nitrogens is 3. The summed E-state index contributed by atoms with van der Waals surface area (Å²) in [6.45, 7) is 5.34. The summed E-state index contributed by atoms with van der Waals surface area (Å²) in [7, 11) is 0. The number of halogens is 1. The fourth-order valence-corrected chi connectivity index (χ4v) is 2.60. The molecule has 3 heterocycles. The Morgan fingerprint density at radius 1 is 1.61 bits per heavy atom. The highest BCUT2D eigenvalue weighted by Gasteiger charge is 2.17. The molecule has 0 amide bonds. The molecule has 0 aromatic carbocycles. The zero-order valence-electron chi connectivity index (χ0n) is 10.2. The number of hydrogen-bond donors (Lipinski definition) is 1. The van der Waals surface area contributed by atoms with Crippen LogP contribution < -0.4 is 5.32 Å². The Morgan fingerprint density at radius 3 is 3.28 bits per heavy atom. The number of nitrogens with zero attached hydrogens (tertiary/aromatic N) is 3. The Balaban J connectivity index is 1.94. The fourth-order valence-electron chi connectivity index (χ4n) is 2.28. The maximum absolute atomic E-state index is 5.49. The van der Waals surface area contributed by atoms with E-state index in [2.05, 4.69) is 41.8 Å². The van der Waals surface area contributed by atoms with Gasteiger partial charge in [0.2, 0.25) is 0 Å². The lowest BCUT2D eigenvalue weighted by atomic mass is 10.2. The zero-order chi connectivity index (χ0) is 12.5. The van der Waals surface area contributed by atoms with Crippen LogP contribution in [0.1, 0.15) is 5.82 Å². The summed E-state index contributed by atoms with van der Waals surface area (Å²) in [4.78, 5) is 8.81. The van der Waals surface area contributed by atoms with Crippen LogP contribution in [0.25, 0.3) is 11.2 Å². The van der Waals surface area contributed by atoms with Gasteiger partial charge in [0.25, 0.3) is 0 Å². The number of morpholine rings is 1. The number of ether oxygens (including phenoxy) is 1. The van der Waals surface area contributed by atoms with Gasteiger partial charge in [-0.05, 0) is 28.9 Å². The second-order valence-electron chi connectivity index (χ2n) is 4.49. The maximum Gasteiger partial charge on any atom is 0.177 e. The molecule has 1 aliphatic rings. The van der Waals surface area contributed by atoms with E-state index in [1.54, 1.807) is 6.20 Å². The first-order valence-electron chi connectivity index (χ1n) is 6.03. The minimum Gasteiger partial charge on any atom is -0.378 e. The predicted molar refractivity (Wildman–Crippen MR) is 72.6 cm³/mol. The standard InChI is InChI=1S/C12H15BrN4O/c1-8-16-12-11(4-9(13)5-15-12)17(8)6-10-7-18-3-2-14-10/h4-5,10,14H,2-3,6-7H2,1H3. The van der Waals surface area contributed by atoms with Gasteiger partial charge in [0.1, 0.15) is 5.82 Å². The lowest BCUT2D eigenvalue weighted by Gasteiger charge is -2.24. The first-order valence-corrected chi connectivity index (χ1v) is 6.83. The van der Waals surface area contributed by atoms with Crippen LogP contribution in [-0.4, -0.2) is 40.3 Å². The highest BCUT2D eigenvalue weighted by atomic mass is 79.9. The zero-order valence-corrected chi connectivity index (χ0v) is 11.8. The van der Waals surface area contributed by atoms with Gasteiger partial charge in [-0.1, -0.05) is 0 Å². The summed E-state index contributed by atoms with van der Waals surface area (Å²) in [6, 6.07) is 2.40.